The first-order valence-corrected chi connectivity index (χ1v) is 11.2. The Bertz CT molecular complexity index is 1600. The molecule has 7 heteroatoms. The third kappa shape index (κ3) is 5.42. The highest BCUT2D eigenvalue weighted by Gasteiger charge is 2.36. The summed E-state index contributed by atoms with van der Waals surface area (Å²) in [5.74, 6) is 3.51. The molecule has 4 rings (SSSR count). The first-order valence-electron chi connectivity index (χ1n) is 11.2. The van der Waals surface area contributed by atoms with Gasteiger partial charge in [-0.05, 0) is 85.1 Å². The lowest BCUT2D eigenvalue weighted by Crippen LogP contribution is -2.25. The van der Waals surface area contributed by atoms with E-state index in [0.717, 1.165) is 22.8 Å². The van der Waals surface area contributed by atoms with Crippen LogP contribution < -0.4 is 10.3 Å². The average molecular weight is 499 g/mol. The molecule has 0 aliphatic heterocycles. The molecule has 1 heterocycles. The van der Waals surface area contributed by atoms with Crippen molar-refractivity contribution in [2.24, 2.45) is 0 Å². The zero-order chi connectivity index (χ0) is 26.7. The van der Waals surface area contributed by atoms with Gasteiger partial charge in [0.2, 0.25) is 0 Å². The molecule has 37 heavy (non-hydrogen) atoms. The molecule has 0 saturated carbocycles. The highest BCUT2D eigenvalue weighted by atomic mass is 19.4. The summed E-state index contributed by atoms with van der Waals surface area (Å²) in [4.78, 5) is 16.2. The Labute approximate surface area is 212 Å². The second-order valence-corrected chi connectivity index (χ2v) is 8.52. The number of benzene rings is 3. The molecule has 184 valence electrons. The van der Waals surface area contributed by atoms with E-state index in [1.165, 1.54) is 4.57 Å². The van der Waals surface area contributed by atoms with Gasteiger partial charge in [0.15, 0.2) is 0 Å². The molecule has 0 fully saturated rings. The SMILES string of the molecule is [C-]#[N+]c1c(C(F)(F)F)cc(-c2ccc(Oc3ccc(C#C)cc3)cc2)n(Cc2ccc(C)cc2C)c1=O. The maximum Gasteiger partial charge on any atom is 0.407 e. The molecular formula is C30H21F3N2O2. The minimum Gasteiger partial charge on any atom is -0.457 e. The van der Waals surface area contributed by atoms with Crippen LogP contribution in [0.4, 0.5) is 18.9 Å². The molecule has 0 unspecified atom stereocenters. The van der Waals surface area contributed by atoms with Gasteiger partial charge >= 0.3 is 6.18 Å². The number of nitrogens with zero attached hydrogens (tertiary/aromatic N) is 2. The number of ether oxygens (including phenoxy) is 1. The van der Waals surface area contributed by atoms with Gasteiger partial charge in [-0.25, -0.2) is 4.85 Å². The van der Waals surface area contributed by atoms with E-state index in [1.807, 2.05) is 32.0 Å². The van der Waals surface area contributed by atoms with Crippen LogP contribution >= 0.6 is 0 Å². The lowest BCUT2D eigenvalue weighted by atomic mass is 10.0. The molecule has 0 aliphatic carbocycles. The molecule has 0 bridgehead atoms. The smallest absolute Gasteiger partial charge is 0.407 e. The van der Waals surface area contributed by atoms with Crippen molar-refractivity contribution >= 4 is 5.69 Å². The van der Waals surface area contributed by atoms with Gasteiger partial charge in [-0.1, -0.05) is 29.7 Å². The second kappa shape index (κ2) is 10.1. The van der Waals surface area contributed by atoms with Crippen LogP contribution in [0.2, 0.25) is 0 Å². The summed E-state index contributed by atoms with van der Waals surface area (Å²) in [5, 5.41) is 0. The third-order valence-electron chi connectivity index (χ3n) is 5.93. The number of halogens is 3. The lowest BCUT2D eigenvalue weighted by molar-refractivity contribution is -0.136. The molecule has 3 aromatic carbocycles. The van der Waals surface area contributed by atoms with Gasteiger partial charge in [0, 0.05) is 11.3 Å². The van der Waals surface area contributed by atoms with Gasteiger partial charge in [0.25, 0.3) is 11.2 Å². The normalized spacial score (nSPS) is 11.0. The van der Waals surface area contributed by atoms with Gasteiger partial charge in [-0.2, -0.15) is 13.2 Å². The number of rotatable bonds is 5. The van der Waals surface area contributed by atoms with Crippen molar-refractivity contribution in [2.75, 3.05) is 0 Å². The largest absolute Gasteiger partial charge is 0.457 e. The maximum absolute atomic E-state index is 13.8. The van der Waals surface area contributed by atoms with Gasteiger partial charge in [0.1, 0.15) is 11.5 Å². The summed E-state index contributed by atoms with van der Waals surface area (Å²) in [5.41, 5.74) is 0.606. The summed E-state index contributed by atoms with van der Waals surface area (Å²) < 4.78 is 48.5. The highest BCUT2D eigenvalue weighted by molar-refractivity contribution is 5.67. The van der Waals surface area contributed by atoms with E-state index in [4.69, 9.17) is 17.7 Å². The van der Waals surface area contributed by atoms with Crippen molar-refractivity contribution in [3.05, 3.63) is 122 Å². The van der Waals surface area contributed by atoms with Gasteiger partial charge in [0.05, 0.1) is 18.7 Å². The molecule has 0 aliphatic rings. The van der Waals surface area contributed by atoms with Crippen LogP contribution in [0.25, 0.3) is 16.1 Å². The minimum absolute atomic E-state index is 0.0146. The van der Waals surface area contributed by atoms with Crippen LogP contribution in [0, 0.1) is 32.8 Å². The standard InChI is InChI=1S/C30H21F3N2O2/c1-5-21-7-12-24(13-8-21)37-25-14-10-22(11-15-25)27-17-26(30(31,32)33)28(34-4)29(36)35(27)18-23-9-6-19(2)16-20(23)3/h1,6-17H,18H2,2-3H3. The van der Waals surface area contributed by atoms with E-state index in [9.17, 15) is 18.0 Å². The Balaban J connectivity index is 1.80. The number of aryl methyl sites for hydroxylation is 2. The number of hydrogen-bond donors (Lipinski definition) is 0. The van der Waals surface area contributed by atoms with Crippen molar-refractivity contribution in [3.63, 3.8) is 0 Å². The molecule has 0 N–H and O–H groups in total. The fraction of sp³-hybridized carbons (Fsp3) is 0.133. The van der Waals surface area contributed by atoms with Gasteiger partial charge in [-0.15, -0.1) is 6.42 Å². The number of pyridine rings is 1. The fourth-order valence-corrected chi connectivity index (χ4v) is 4.00. The molecule has 0 atom stereocenters. The predicted octanol–water partition coefficient (Wildman–Crippen LogP) is 7.52. The molecular weight excluding hydrogens is 477 g/mol. The molecule has 0 radical (unpaired) electrons. The quantitative estimate of drug-likeness (QED) is 0.211. The summed E-state index contributed by atoms with van der Waals surface area (Å²) in [6.45, 7) is 11.1. The van der Waals surface area contributed by atoms with Crippen LogP contribution in [0.3, 0.4) is 0 Å². The first-order chi connectivity index (χ1) is 17.6. The van der Waals surface area contributed by atoms with Crippen molar-refractivity contribution in [2.45, 2.75) is 26.6 Å². The molecule has 0 amide bonds. The average Bonchev–Trinajstić information content (AvgIpc) is 2.86. The zero-order valence-electron chi connectivity index (χ0n) is 20.1. The molecule has 0 spiro atoms. The molecule has 1 aromatic heterocycles. The Kier molecular flexibility index (Phi) is 6.91. The van der Waals surface area contributed by atoms with E-state index >= 15 is 0 Å². The molecule has 0 saturated heterocycles. The van der Waals surface area contributed by atoms with Crippen LogP contribution in [-0.4, -0.2) is 4.57 Å². The van der Waals surface area contributed by atoms with Gasteiger partial charge in [-0.3, -0.25) is 4.79 Å². The fourth-order valence-electron chi connectivity index (χ4n) is 4.00. The first kappa shape index (κ1) is 25.3. The minimum atomic E-state index is -4.86. The van der Waals surface area contributed by atoms with E-state index in [2.05, 4.69) is 10.8 Å². The van der Waals surface area contributed by atoms with Crippen LogP contribution in [0.15, 0.2) is 77.6 Å². The predicted molar refractivity (Wildman–Crippen MR) is 137 cm³/mol. The Morgan fingerprint density at radius 1 is 0.973 bits per heavy atom. The van der Waals surface area contributed by atoms with E-state index in [-0.39, 0.29) is 12.2 Å². The Morgan fingerprint density at radius 2 is 1.59 bits per heavy atom. The van der Waals surface area contributed by atoms with E-state index in [1.54, 1.807) is 48.5 Å². The van der Waals surface area contributed by atoms with Crippen molar-refractivity contribution in [3.8, 4) is 35.1 Å². The summed E-state index contributed by atoms with van der Waals surface area (Å²) >= 11 is 0. The monoisotopic (exact) mass is 498 g/mol. The molecule has 4 aromatic rings. The highest BCUT2D eigenvalue weighted by Crippen LogP contribution is 2.37. The Morgan fingerprint density at radius 3 is 2.14 bits per heavy atom. The zero-order valence-corrected chi connectivity index (χ0v) is 20.1. The number of alkyl halides is 3. The Hall–Kier alpha value is -4.75. The number of hydrogen-bond acceptors (Lipinski definition) is 2. The van der Waals surface area contributed by atoms with E-state index < -0.39 is 23.0 Å². The van der Waals surface area contributed by atoms with Crippen LogP contribution in [0.1, 0.15) is 27.8 Å². The third-order valence-corrected chi connectivity index (χ3v) is 5.93. The van der Waals surface area contributed by atoms with Crippen molar-refractivity contribution < 1.29 is 17.9 Å². The van der Waals surface area contributed by atoms with Crippen LogP contribution in [0.5, 0.6) is 11.5 Å². The second-order valence-electron chi connectivity index (χ2n) is 8.52. The van der Waals surface area contributed by atoms with Crippen LogP contribution in [-0.2, 0) is 12.7 Å². The topological polar surface area (TPSA) is 35.6 Å². The maximum atomic E-state index is 13.8. The van der Waals surface area contributed by atoms with Crippen molar-refractivity contribution in [1.82, 2.24) is 4.57 Å². The summed E-state index contributed by atoms with van der Waals surface area (Å²) in [6, 6.07) is 19.8. The molecule has 4 nitrogen and oxygen atoms in total. The van der Waals surface area contributed by atoms with Gasteiger partial charge < -0.3 is 9.30 Å². The number of terminal acetylenes is 1. The number of aromatic nitrogens is 1. The van der Waals surface area contributed by atoms with Crippen molar-refractivity contribution in [1.29, 1.82) is 0 Å². The summed E-state index contributed by atoms with van der Waals surface area (Å²) in [7, 11) is 0. The van der Waals surface area contributed by atoms with E-state index in [0.29, 0.717) is 22.6 Å². The summed E-state index contributed by atoms with van der Waals surface area (Å²) in [6.07, 6.45) is 0.504. The lowest BCUT2D eigenvalue weighted by Gasteiger charge is -2.19.